The van der Waals surface area contributed by atoms with E-state index in [4.69, 9.17) is 11.6 Å². The van der Waals surface area contributed by atoms with Crippen LogP contribution in [0.4, 0.5) is 4.39 Å². The van der Waals surface area contributed by atoms with E-state index < -0.39 is 10.0 Å². The van der Waals surface area contributed by atoms with Crippen molar-refractivity contribution in [2.45, 2.75) is 17.1 Å². The molecule has 0 bridgehead atoms. The van der Waals surface area contributed by atoms with Crippen LogP contribution in [0.25, 0.3) is 21.5 Å². The first kappa shape index (κ1) is 21.8. The molecule has 0 aliphatic heterocycles. The van der Waals surface area contributed by atoms with Gasteiger partial charge in [-0.15, -0.1) is 11.3 Å². The number of hydrogen-bond acceptors (Lipinski definition) is 6. The van der Waals surface area contributed by atoms with E-state index in [-0.39, 0.29) is 15.3 Å². The van der Waals surface area contributed by atoms with Crippen molar-refractivity contribution in [1.29, 1.82) is 0 Å². The van der Waals surface area contributed by atoms with E-state index >= 15 is 0 Å². The molecule has 3 heterocycles. The third-order valence-electron chi connectivity index (χ3n) is 4.84. The quantitative estimate of drug-likeness (QED) is 0.372. The maximum Gasteiger partial charge on any atom is 0.252 e. The summed E-state index contributed by atoms with van der Waals surface area (Å²) in [6, 6.07) is 9.76. The second-order valence-corrected chi connectivity index (χ2v) is 10.7. The van der Waals surface area contributed by atoms with E-state index in [0.29, 0.717) is 29.6 Å². The zero-order chi connectivity index (χ0) is 22.2. The van der Waals surface area contributed by atoms with Crippen molar-refractivity contribution in [2.75, 3.05) is 13.6 Å². The number of hydrogen-bond donors (Lipinski definition) is 0. The molecule has 162 valence electrons. The van der Waals surface area contributed by atoms with Gasteiger partial charge in [0.25, 0.3) is 10.0 Å². The summed E-state index contributed by atoms with van der Waals surface area (Å²) < 4.78 is 43.2. The maximum atomic E-state index is 13.5. The summed E-state index contributed by atoms with van der Waals surface area (Å²) >= 11 is 6.90. The average molecular weight is 480 g/mol. The van der Waals surface area contributed by atoms with Gasteiger partial charge in [0.1, 0.15) is 10.0 Å². The highest BCUT2D eigenvalue weighted by atomic mass is 35.5. The monoisotopic (exact) mass is 479 g/mol. The third kappa shape index (κ3) is 4.62. The van der Waals surface area contributed by atoms with Crippen LogP contribution < -0.4 is 0 Å². The summed E-state index contributed by atoms with van der Waals surface area (Å²) in [6.07, 6.45) is 2.70. The van der Waals surface area contributed by atoms with Crippen LogP contribution in [0.3, 0.4) is 0 Å². The molecule has 0 saturated carbocycles. The van der Waals surface area contributed by atoms with Crippen LogP contribution in [0, 0.1) is 5.82 Å². The van der Waals surface area contributed by atoms with Crippen LogP contribution in [-0.2, 0) is 23.5 Å². The molecule has 4 rings (SSSR count). The number of halogens is 2. The molecule has 0 radical (unpaired) electrons. The Labute approximate surface area is 188 Å². The number of benzene rings is 1. The van der Waals surface area contributed by atoms with Crippen LogP contribution in [0.1, 0.15) is 12.1 Å². The molecular formula is C20H19ClFN5O2S2. The molecule has 0 aliphatic carbocycles. The van der Waals surface area contributed by atoms with Gasteiger partial charge in [0.2, 0.25) is 5.28 Å². The number of aryl methyl sites for hydroxylation is 2. The number of sulfonamides is 1. The molecule has 0 aliphatic rings. The molecule has 0 saturated heterocycles. The van der Waals surface area contributed by atoms with E-state index in [1.54, 1.807) is 24.8 Å². The molecule has 0 fully saturated rings. The predicted molar refractivity (Wildman–Crippen MR) is 119 cm³/mol. The van der Waals surface area contributed by atoms with Crippen molar-refractivity contribution in [2.24, 2.45) is 7.05 Å². The van der Waals surface area contributed by atoms with Crippen molar-refractivity contribution in [3.05, 3.63) is 59.4 Å². The topological polar surface area (TPSA) is 81.0 Å². The molecule has 0 N–H and O–H groups in total. The van der Waals surface area contributed by atoms with Gasteiger partial charge in [-0.1, -0.05) is 12.1 Å². The van der Waals surface area contributed by atoms with Crippen molar-refractivity contribution in [3.8, 4) is 11.3 Å². The largest absolute Gasteiger partial charge is 0.268 e. The van der Waals surface area contributed by atoms with Crippen LogP contribution >= 0.6 is 22.9 Å². The Hall–Kier alpha value is -2.40. The lowest BCUT2D eigenvalue weighted by atomic mass is 10.1. The summed E-state index contributed by atoms with van der Waals surface area (Å²) in [5, 5.41) is 4.55. The minimum atomic E-state index is -3.65. The Morgan fingerprint density at radius 2 is 2.06 bits per heavy atom. The number of rotatable bonds is 7. The maximum absolute atomic E-state index is 13.5. The van der Waals surface area contributed by atoms with Crippen LogP contribution in [0.5, 0.6) is 0 Å². The van der Waals surface area contributed by atoms with E-state index in [9.17, 15) is 12.8 Å². The lowest BCUT2D eigenvalue weighted by Crippen LogP contribution is -2.27. The SMILES string of the molecule is CN(CCCc1cc(-c2cccc(F)c2)n(C)n1)S(=O)(=O)c1cc2nc(Cl)ncc2s1. The number of thiophene rings is 1. The lowest BCUT2D eigenvalue weighted by Gasteiger charge is -2.15. The van der Waals surface area contributed by atoms with Crippen LogP contribution in [0.15, 0.2) is 46.8 Å². The van der Waals surface area contributed by atoms with Gasteiger partial charge in [0.05, 0.1) is 21.6 Å². The summed E-state index contributed by atoms with van der Waals surface area (Å²) in [4.78, 5) is 7.95. The van der Waals surface area contributed by atoms with Gasteiger partial charge in [-0.25, -0.2) is 27.1 Å². The van der Waals surface area contributed by atoms with Crippen LogP contribution in [0.2, 0.25) is 5.28 Å². The zero-order valence-electron chi connectivity index (χ0n) is 16.8. The highest BCUT2D eigenvalue weighted by Gasteiger charge is 2.23. The zero-order valence-corrected chi connectivity index (χ0v) is 19.2. The van der Waals surface area contributed by atoms with Gasteiger partial charge in [-0.05, 0) is 48.7 Å². The predicted octanol–water partition coefficient (Wildman–Crippen LogP) is 4.14. The van der Waals surface area contributed by atoms with Gasteiger partial charge in [-0.3, -0.25) is 4.68 Å². The molecule has 3 aromatic heterocycles. The fourth-order valence-corrected chi connectivity index (χ4v) is 6.09. The van der Waals surface area contributed by atoms with Crippen molar-refractivity contribution < 1.29 is 12.8 Å². The number of fused-ring (bicyclic) bond motifs is 1. The Balaban J connectivity index is 1.42. The van der Waals surface area contributed by atoms with E-state index in [0.717, 1.165) is 28.3 Å². The second-order valence-electron chi connectivity index (χ2n) is 7.04. The Bertz CT molecular complexity index is 1350. The van der Waals surface area contributed by atoms with E-state index in [1.807, 2.05) is 12.1 Å². The summed E-state index contributed by atoms with van der Waals surface area (Å²) in [7, 11) is -0.292. The average Bonchev–Trinajstić information content (AvgIpc) is 3.31. The fraction of sp³-hybridized carbons (Fsp3) is 0.250. The lowest BCUT2D eigenvalue weighted by molar-refractivity contribution is 0.461. The third-order valence-corrected chi connectivity index (χ3v) is 8.39. The molecule has 0 amide bonds. The minimum Gasteiger partial charge on any atom is -0.268 e. The number of aromatic nitrogens is 4. The first-order valence-electron chi connectivity index (χ1n) is 9.41. The van der Waals surface area contributed by atoms with Crippen molar-refractivity contribution in [1.82, 2.24) is 24.1 Å². The molecule has 0 spiro atoms. The summed E-state index contributed by atoms with van der Waals surface area (Å²) in [5.41, 5.74) is 2.88. The van der Waals surface area contributed by atoms with Gasteiger partial charge in [0.15, 0.2) is 0 Å². The minimum absolute atomic E-state index is 0.0792. The molecule has 7 nitrogen and oxygen atoms in total. The van der Waals surface area contributed by atoms with E-state index in [2.05, 4.69) is 15.1 Å². The Kier molecular flexibility index (Phi) is 6.07. The summed E-state index contributed by atoms with van der Waals surface area (Å²) in [6.45, 7) is 0.328. The van der Waals surface area contributed by atoms with Gasteiger partial charge in [0, 0.05) is 32.4 Å². The summed E-state index contributed by atoms with van der Waals surface area (Å²) in [5.74, 6) is -0.304. The standard InChI is InChI=1S/C20H19ClFN5O2S2/c1-26(31(28,29)19-11-16-18(30-19)12-23-20(21)24-16)8-4-7-15-10-17(27(2)25-15)13-5-3-6-14(22)9-13/h3,5-6,9-12H,4,7-8H2,1-2H3. The molecule has 31 heavy (non-hydrogen) atoms. The second kappa shape index (κ2) is 8.62. The normalized spacial score (nSPS) is 12.2. The number of nitrogens with zero attached hydrogens (tertiary/aromatic N) is 5. The van der Waals surface area contributed by atoms with Crippen LogP contribution in [-0.4, -0.2) is 46.1 Å². The van der Waals surface area contributed by atoms with Crippen molar-refractivity contribution in [3.63, 3.8) is 0 Å². The van der Waals surface area contributed by atoms with Gasteiger partial charge in [-0.2, -0.15) is 5.10 Å². The Morgan fingerprint density at radius 1 is 1.26 bits per heavy atom. The smallest absolute Gasteiger partial charge is 0.252 e. The highest BCUT2D eigenvalue weighted by Crippen LogP contribution is 2.30. The molecule has 1 aromatic carbocycles. The van der Waals surface area contributed by atoms with Crippen molar-refractivity contribution >= 4 is 43.2 Å². The Morgan fingerprint density at radius 3 is 2.84 bits per heavy atom. The molecule has 0 atom stereocenters. The molecule has 4 aromatic rings. The first-order chi connectivity index (χ1) is 14.7. The fourth-order valence-electron chi connectivity index (χ4n) is 3.24. The first-order valence-corrected chi connectivity index (χ1v) is 12.0. The van der Waals surface area contributed by atoms with Gasteiger partial charge >= 0.3 is 0 Å². The van der Waals surface area contributed by atoms with E-state index in [1.165, 1.54) is 28.7 Å². The highest BCUT2D eigenvalue weighted by molar-refractivity contribution is 7.91. The molecule has 0 unspecified atom stereocenters. The van der Waals surface area contributed by atoms with Gasteiger partial charge < -0.3 is 0 Å². The molecular weight excluding hydrogens is 461 g/mol. The molecule has 11 heteroatoms.